The molecule has 2 aliphatic heterocycles. The summed E-state index contributed by atoms with van der Waals surface area (Å²) in [5.74, 6) is 1.06. The Hall–Kier alpha value is -3.49. The Morgan fingerprint density at radius 1 is 1.06 bits per heavy atom. The zero-order valence-electron chi connectivity index (χ0n) is 18.5. The van der Waals surface area contributed by atoms with Crippen LogP contribution in [0, 0.1) is 0 Å². The van der Waals surface area contributed by atoms with Gasteiger partial charge in [0, 0.05) is 49.4 Å². The van der Waals surface area contributed by atoms with Crippen molar-refractivity contribution in [1.29, 1.82) is 0 Å². The third-order valence-corrected chi connectivity index (χ3v) is 6.01. The number of methoxy groups -OCH3 is 1. The number of benzene rings is 2. The van der Waals surface area contributed by atoms with E-state index >= 15 is 0 Å². The molecule has 1 aromatic heterocycles. The summed E-state index contributed by atoms with van der Waals surface area (Å²) in [4.78, 5) is 24.5. The molecule has 0 saturated carbocycles. The molecule has 0 unspecified atom stereocenters. The smallest absolute Gasteiger partial charge is 0.259 e. The Morgan fingerprint density at radius 3 is 2.55 bits per heavy atom. The van der Waals surface area contributed by atoms with Gasteiger partial charge in [0.15, 0.2) is 11.6 Å². The van der Waals surface area contributed by atoms with Crippen molar-refractivity contribution in [2.24, 2.45) is 0 Å². The van der Waals surface area contributed by atoms with Gasteiger partial charge in [-0.15, -0.1) is 0 Å². The summed E-state index contributed by atoms with van der Waals surface area (Å²) in [6.45, 7) is 2.32. The van der Waals surface area contributed by atoms with Crippen molar-refractivity contribution in [3.05, 3.63) is 66.4 Å². The first-order valence-electron chi connectivity index (χ1n) is 11.1. The van der Waals surface area contributed by atoms with Gasteiger partial charge >= 0.3 is 0 Å². The lowest BCUT2D eigenvalue weighted by atomic mass is 10.0. The number of amides is 1. The number of likely N-dealkylation sites (tertiary alicyclic amines) is 1. The third kappa shape index (κ3) is 4.53. The Bertz CT molecular complexity index is 1120. The van der Waals surface area contributed by atoms with E-state index in [4.69, 9.17) is 19.2 Å². The molecule has 2 aliphatic rings. The van der Waals surface area contributed by atoms with E-state index in [0.29, 0.717) is 62.1 Å². The number of hydrogen-bond acceptors (Lipinski definition) is 7. The quantitative estimate of drug-likeness (QED) is 0.637. The molecule has 0 aliphatic carbocycles. The molecule has 0 bridgehead atoms. The molecule has 1 amide bonds. The van der Waals surface area contributed by atoms with Gasteiger partial charge in [0.1, 0.15) is 17.1 Å². The lowest BCUT2D eigenvalue weighted by Crippen LogP contribution is -2.47. The van der Waals surface area contributed by atoms with Crippen LogP contribution in [-0.4, -0.2) is 60.0 Å². The standard InChI is InChI=1S/C25H26N4O4/c1-31-20-9-5-8-19(16-20)27-23-21(17-26-22(28-23)18-6-3-2-4-7-18)24(30)29-12-10-25(11-13-29)32-14-15-33-25/h2-9,16-17H,10-15H2,1H3,(H,26,27,28). The number of piperidine rings is 1. The minimum Gasteiger partial charge on any atom is -0.497 e. The number of carbonyl (C=O) groups is 1. The van der Waals surface area contributed by atoms with Gasteiger partial charge in [-0.05, 0) is 12.1 Å². The molecule has 2 fully saturated rings. The molecule has 8 heteroatoms. The predicted octanol–water partition coefficient (Wildman–Crippen LogP) is 3.87. The summed E-state index contributed by atoms with van der Waals surface area (Å²) >= 11 is 0. The minimum absolute atomic E-state index is 0.118. The van der Waals surface area contributed by atoms with E-state index in [-0.39, 0.29) is 5.91 Å². The first-order chi connectivity index (χ1) is 16.2. The Kier molecular flexibility index (Phi) is 5.93. The van der Waals surface area contributed by atoms with Crippen LogP contribution >= 0.6 is 0 Å². The van der Waals surface area contributed by atoms with E-state index in [1.165, 1.54) is 0 Å². The average molecular weight is 447 g/mol. The highest BCUT2D eigenvalue weighted by Gasteiger charge is 2.41. The second-order valence-electron chi connectivity index (χ2n) is 8.08. The number of rotatable bonds is 5. The normalized spacial score (nSPS) is 17.2. The topological polar surface area (TPSA) is 85.8 Å². The number of anilines is 2. The van der Waals surface area contributed by atoms with Crippen LogP contribution in [0.2, 0.25) is 0 Å². The van der Waals surface area contributed by atoms with Crippen molar-refractivity contribution < 1.29 is 19.0 Å². The van der Waals surface area contributed by atoms with Crippen LogP contribution in [0.15, 0.2) is 60.8 Å². The van der Waals surface area contributed by atoms with Crippen molar-refractivity contribution in [2.45, 2.75) is 18.6 Å². The van der Waals surface area contributed by atoms with Gasteiger partial charge in [-0.2, -0.15) is 0 Å². The SMILES string of the molecule is COc1cccc(Nc2nc(-c3ccccc3)ncc2C(=O)N2CCC3(CC2)OCCO3)c1. The van der Waals surface area contributed by atoms with Crippen LogP contribution in [-0.2, 0) is 9.47 Å². The predicted molar refractivity (Wildman–Crippen MR) is 124 cm³/mol. The van der Waals surface area contributed by atoms with Crippen molar-refractivity contribution >= 4 is 17.4 Å². The molecule has 3 heterocycles. The molecule has 5 rings (SSSR count). The lowest BCUT2D eigenvalue weighted by Gasteiger charge is -2.37. The largest absolute Gasteiger partial charge is 0.497 e. The maximum absolute atomic E-state index is 13.5. The molecular weight excluding hydrogens is 420 g/mol. The maximum Gasteiger partial charge on any atom is 0.259 e. The molecule has 8 nitrogen and oxygen atoms in total. The Labute approximate surface area is 192 Å². The first-order valence-corrected chi connectivity index (χ1v) is 11.1. The van der Waals surface area contributed by atoms with E-state index < -0.39 is 5.79 Å². The monoisotopic (exact) mass is 446 g/mol. The fourth-order valence-electron chi connectivity index (χ4n) is 4.20. The van der Waals surface area contributed by atoms with Gasteiger partial charge in [0.2, 0.25) is 0 Å². The second-order valence-corrected chi connectivity index (χ2v) is 8.08. The summed E-state index contributed by atoms with van der Waals surface area (Å²) < 4.78 is 16.9. The highest BCUT2D eigenvalue weighted by molar-refractivity contribution is 5.99. The third-order valence-electron chi connectivity index (χ3n) is 6.01. The van der Waals surface area contributed by atoms with Crippen LogP contribution in [0.1, 0.15) is 23.2 Å². The zero-order chi connectivity index (χ0) is 22.7. The van der Waals surface area contributed by atoms with E-state index in [2.05, 4.69) is 10.3 Å². The van der Waals surface area contributed by atoms with E-state index in [0.717, 1.165) is 11.3 Å². The highest BCUT2D eigenvalue weighted by atomic mass is 16.7. The molecule has 1 spiro atoms. The molecule has 2 saturated heterocycles. The summed E-state index contributed by atoms with van der Waals surface area (Å²) in [6.07, 6.45) is 2.91. The van der Waals surface area contributed by atoms with Crippen LogP contribution in [0.4, 0.5) is 11.5 Å². The summed E-state index contributed by atoms with van der Waals surface area (Å²) in [6, 6.07) is 17.2. The van der Waals surface area contributed by atoms with E-state index in [1.54, 1.807) is 13.3 Å². The van der Waals surface area contributed by atoms with Crippen LogP contribution in [0.25, 0.3) is 11.4 Å². The molecule has 170 valence electrons. The van der Waals surface area contributed by atoms with Crippen molar-refractivity contribution in [3.63, 3.8) is 0 Å². The number of nitrogens with zero attached hydrogens (tertiary/aromatic N) is 3. The highest BCUT2D eigenvalue weighted by Crippen LogP contribution is 2.33. The Morgan fingerprint density at radius 2 is 1.82 bits per heavy atom. The molecule has 33 heavy (non-hydrogen) atoms. The summed E-state index contributed by atoms with van der Waals surface area (Å²) in [7, 11) is 1.62. The van der Waals surface area contributed by atoms with Crippen LogP contribution < -0.4 is 10.1 Å². The molecule has 2 aromatic carbocycles. The molecule has 1 N–H and O–H groups in total. The van der Waals surface area contributed by atoms with Gasteiger partial charge in [-0.3, -0.25) is 4.79 Å². The van der Waals surface area contributed by atoms with E-state index in [1.807, 2.05) is 59.5 Å². The number of carbonyl (C=O) groups excluding carboxylic acids is 1. The summed E-state index contributed by atoms with van der Waals surface area (Å²) in [5.41, 5.74) is 2.06. The zero-order valence-corrected chi connectivity index (χ0v) is 18.5. The number of hydrogen-bond donors (Lipinski definition) is 1. The lowest BCUT2D eigenvalue weighted by molar-refractivity contribution is -0.181. The second kappa shape index (κ2) is 9.17. The molecule has 3 aromatic rings. The number of aromatic nitrogens is 2. The van der Waals surface area contributed by atoms with Crippen molar-refractivity contribution in [2.75, 3.05) is 38.7 Å². The molecule has 0 radical (unpaired) electrons. The fraction of sp³-hybridized carbons (Fsp3) is 0.320. The van der Waals surface area contributed by atoms with Crippen molar-refractivity contribution in [3.8, 4) is 17.1 Å². The van der Waals surface area contributed by atoms with Crippen LogP contribution in [0.3, 0.4) is 0 Å². The minimum atomic E-state index is -0.536. The van der Waals surface area contributed by atoms with Gasteiger partial charge < -0.3 is 24.4 Å². The van der Waals surface area contributed by atoms with Crippen LogP contribution in [0.5, 0.6) is 5.75 Å². The van der Waals surface area contributed by atoms with Gasteiger partial charge in [0.05, 0.1) is 20.3 Å². The fourth-order valence-corrected chi connectivity index (χ4v) is 4.20. The first kappa shape index (κ1) is 21.4. The van der Waals surface area contributed by atoms with Crippen molar-refractivity contribution in [1.82, 2.24) is 14.9 Å². The van der Waals surface area contributed by atoms with Gasteiger partial charge in [-0.25, -0.2) is 9.97 Å². The van der Waals surface area contributed by atoms with Gasteiger partial charge in [0.25, 0.3) is 5.91 Å². The Balaban J connectivity index is 1.44. The van der Waals surface area contributed by atoms with E-state index in [9.17, 15) is 4.79 Å². The molecule has 0 atom stereocenters. The van der Waals surface area contributed by atoms with Gasteiger partial charge in [-0.1, -0.05) is 36.4 Å². The summed E-state index contributed by atoms with van der Waals surface area (Å²) in [5, 5.41) is 3.30. The molecular formula is C25H26N4O4. The number of nitrogens with one attached hydrogen (secondary N) is 1. The maximum atomic E-state index is 13.5. The number of ether oxygens (including phenoxy) is 3. The average Bonchev–Trinajstić information content (AvgIpc) is 3.32.